The predicted molar refractivity (Wildman–Crippen MR) is 54.9 cm³/mol. The number of likely N-dealkylation sites (N-methyl/N-ethyl adjacent to an activating group) is 1. The molecule has 0 spiro atoms. The molecule has 5 nitrogen and oxygen atoms in total. The standard InChI is InChI=1S/C9H19N3O2/c1-3-4-5-6-14-8(13)7-12(2)9(10)11/h3-7H2,1-2H3,(H3,10,11)/p+1. The highest BCUT2D eigenvalue weighted by molar-refractivity contribution is 5.74. The van der Waals surface area contributed by atoms with Gasteiger partial charge in [0.15, 0.2) is 6.54 Å². The Bertz CT molecular complexity index is 210. The molecule has 0 unspecified atom stereocenters. The maximum Gasteiger partial charge on any atom is 0.341 e. The second kappa shape index (κ2) is 7.17. The van der Waals surface area contributed by atoms with Gasteiger partial charge in [0.05, 0.1) is 13.7 Å². The van der Waals surface area contributed by atoms with Gasteiger partial charge < -0.3 is 4.74 Å². The fourth-order valence-corrected chi connectivity index (χ4v) is 0.869. The minimum absolute atomic E-state index is 0.106. The van der Waals surface area contributed by atoms with Gasteiger partial charge in [0, 0.05) is 0 Å². The molecule has 0 saturated carbocycles. The quantitative estimate of drug-likeness (QED) is 0.202. The van der Waals surface area contributed by atoms with Crippen LogP contribution in [-0.2, 0) is 9.53 Å². The first-order chi connectivity index (χ1) is 6.57. The Balaban J connectivity index is 3.61. The second-order valence-electron chi connectivity index (χ2n) is 3.21. The lowest BCUT2D eigenvalue weighted by atomic mass is 10.3. The highest BCUT2D eigenvalue weighted by Gasteiger charge is 2.06. The third kappa shape index (κ3) is 6.28. The maximum absolute atomic E-state index is 11.1. The van der Waals surface area contributed by atoms with Crippen LogP contribution in [0.1, 0.15) is 26.2 Å². The van der Waals surface area contributed by atoms with Crippen LogP contribution in [0.3, 0.4) is 0 Å². The molecule has 5 heteroatoms. The molecule has 0 rings (SSSR count). The van der Waals surface area contributed by atoms with Crippen molar-refractivity contribution in [3.63, 3.8) is 0 Å². The summed E-state index contributed by atoms with van der Waals surface area (Å²) in [4.78, 5) is 11.1. The van der Waals surface area contributed by atoms with E-state index in [-0.39, 0.29) is 18.5 Å². The number of guanidine groups is 1. The Kier molecular flexibility index (Phi) is 6.53. The van der Waals surface area contributed by atoms with Crippen molar-refractivity contribution in [3.05, 3.63) is 0 Å². The molecular formula is C9H20N3O2+. The fourth-order valence-electron chi connectivity index (χ4n) is 0.869. The summed E-state index contributed by atoms with van der Waals surface area (Å²) in [5, 5.41) is 0. The largest absolute Gasteiger partial charge is 0.463 e. The Morgan fingerprint density at radius 1 is 1.36 bits per heavy atom. The minimum Gasteiger partial charge on any atom is -0.463 e. The van der Waals surface area contributed by atoms with Crippen LogP contribution in [0.4, 0.5) is 0 Å². The number of nitrogens with two attached hydrogens (primary N) is 2. The van der Waals surface area contributed by atoms with Gasteiger partial charge >= 0.3 is 11.9 Å². The van der Waals surface area contributed by atoms with Crippen molar-refractivity contribution in [2.75, 3.05) is 20.2 Å². The average Bonchev–Trinajstić information content (AvgIpc) is 2.12. The molecule has 4 N–H and O–H groups in total. The van der Waals surface area contributed by atoms with Gasteiger partial charge in [0.25, 0.3) is 0 Å². The highest BCUT2D eigenvalue weighted by Crippen LogP contribution is 1.94. The average molecular weight is 202 g/mol. The Morgan fingerprint density at radius 3 is 2.50 bits per heavy atom. The van der Waals surface area contributed by atoms with Crippen molar-refractivity contribution in [2.45, 2.75) is 26.2 Å². The van der Waals surface area contributed by atoms with Crippen LogP contribution in [0.15, 0.2) is 0 Å². The van der Waals surface area contributed by atoms with E-state index < -0.39 is 0 Å². The number of hydrogen-bond acceptors (Lipinski definition) is 2. The molecule has 0 radical (unpaired) electrons. The first-order valence-corrected chi connectivity index (χ1v) is 4.82. The summed E-state index contributed by atoms with van der Waals surface area (Å²) >= 11 is 0. The predicted octanol–water partition coefficient (Wildman–Crippen LogP) is -0.364. The third-order valence-electron chi connectivity index (χ3n) is 1.82. The van der Waals surface area contributed by atoms with Gasteiger partial charge in [-0.05, 0) is 6.42 Å². The van der Waals surface area contributed by atoms with Gasteiger partial charge in [-0.1, -0.05) is 19.8 Å². The van der Waals surface area contributed by atoms with Crippen molar-refractivity contribution in [2.24, 2.45) is 11.5 Å². The zero-order valence-corrected chi connectivity index (χ0v) is 8.95. The number of unbranched alkanes of at least 4 members (excludes halogenated alkanes) is 2. The molecule has 82 valence electrons. The first kappa shape index (κ1) is 12.7. The Morgan fingerprint density at radius 2 is 2.00 bits per heavy atom. The number of rotatable bonds is 6. The highest BCUT2D eigenvalue weighted by atomic mass is 16.5. The van der Waals surface area contributed by atoms with Gasteiger partial charge in [0.1, 0.15) is 0 Å². The summed E-state index contributed by atoms with van der Waals surface area (Å²) in [5.74, 6) is -0.174. The van der Waals surface area contributed by atoms with Crippen LogP contribution in [0.5, 0.6) is 0 Å². The second-order valence-corrected chi connectivity index (χ2v) is 3.21. The molecule has 0 aliphatic carbocycles. The van der Waals surface area contributed by atoms with E-state index in [2.05, 4.69) is 6.92 Å². The number of esters is 1. The van der Waals surface area contributed by atoms with Crippen LogP contribution in [-0.4, -0.2) is 36.7 Å². The Hall–Kier alpha value is -1.26. The van der Waals surface area contributed by atoms with E-state index in [9.17, 15) is 4.79 Å². The number of hydrogen-bond donors (Lipinski definition) is 2. The van der Waals surface area contributed by atoms with Crippen LogP contribution < -0.4 is 11.5 Å². The summed E-state index contributed by atoms with van der Waals surface area (Å²) < 4.78 is 6.41. The lowest BCUT2D eigenvalue weighted by Crippen LogP contribution is -2.36. The molecule has 0 aliphatic heterocycles. The van der Waals surface area contributed by atoms with E-state index >= 15 is 0 Å². The Labute approximate surface area is 84.7 Å². The first-order valence-electron chi connectivity index (χ1n) is 4.82. The number of ether oxygens (including phenoxy) is 1. The number of nitrogens with zero attached hydrogens (tertiary/aromatic N) is 1. The third-order valence-corrected chi connectivity index (χ3v) is 1.82. The van der Waals surface area contributed by atoms with E-state index in [0.29, 0.717) is 6.61 Å². The van der Waals surface area contributed by atoms with E-state index in [1.165, 1.54) is 4.58 Å². The van der Waals surface area contributed by atoms with E-state index in [1.54, 1.807) is 7.05 Å². The van der Waals surface area contributed by atoms with Crippen LogP contribution in [0, 0.1) is 0 Å². The van der Waals surface area contributed by atoms with E-state index in [1.807, 2.05) is 0 Å². The lowest BCUT2D eigenvalue weighted by Gasteiger charge is -2.04. The van der Waals surface area contributed by atoms with Crippen molar-refractivity contribution in [1.29, 1.82) is 0 Å². The number of carbonyl (C=O) groups excluding carboxylic acids is 1. The molecule has 0 heterocycles. The molecule has 0 aliphatic rings. The summed E-state index contributed by atoms with van der Waals surface area (Å²) in [5.41, 5.74) is 10.5. The molecule has 0 aromatic rings. The topological polar surface area (TPSA) is 81.3 Å². The summed E-state index contributed by atoms with van der Waals surface area (Å²) in [6, 6.07) is 0. The molecule has 0 atom stereocenters. The summed E-state index contributed by atoms with van der Waals surface area (Å²) in [6.07, 6.45) is 3.10. The van der Waals surface area contributed by atoms with Gasteiger partial charge in [0.2, 0.25) is 0 Å². The molecular weight excluding hydrogens is 182 g/mol. The minimum atomic E-state index is -0.294. The number of carbonyl (C=O) groups is 1. The smallest absolute Gasteiger partial charge is 0.341 e. The lowest BCUT2D eigenvalue weighted by molar-refractivity contribution is -0.489. The molecule has 0 saturated heterocycles. The zero-order chi connectivity index (χ0) is 11.0. The van der Waals surface area contributed by atoms with Gasteiger partial charge in [-0.15, -0.1) is 0 Å². The molecule has 0 aromatic heterocycles. The molecule has 0 bridgehead atoms. The summed E-state index contributed by atoms with van der Waals surface area (Å²) in [7, 11) is 1.64. The van der Waals surface area contributed by atoms with Crippen molar-refractivity contribution in [1.82, 2.24) is 0 Å². The maximum atomic E-state index is 11.1. The van der Waals surface area contributed by atoms with Gasteiger partial charge in [-0.2, -0.15) is 0 Å². The van der Waals surface area contributed by atoms with Crippen molar-refractivity contribution < 1.29 is 14.1 Å². The normalized spacial score (nSPS) is 9.57. The zero-order valence-electron chi connectivity index (χ0n) is 8.95. The van der Waals surface area contributed by atoms with Crippen molar-refractivity contribution >= 4 is 11.9 Å². The van der Waals surface area contributed by atoms with E-state index in [0.717, 1.165) is 19.3 Å². The van der Waals surface area contributed by atoms with Crippen LogP contribution in [0.25, 0.3) is 0 Å². The van der Waals surface area contributed by atoms with E-state index in [4.69, 9.17) is 16.2 Å². The monoisotopic (exact) mass is 202 g/mol. The van der Waals surface area contributed by atoms with Crippen molar-refractivity contribution in [3.8, 4) is 0 Å². The SMILES string of the molecule is CCCCCOC(=O)C[N+](C)=C(N)N. The molecule has 0 aromatic carbocycles. The van der Waals surface area contributed by atoms with Gasteiger partial charge in [-0.3, -0.25) is 16.0 Å². The van der Waals surface area contributed by atoms with Crippen LogP contribution in [0.2, 0.25) is 0 Å². The van der Waals surface area contributed by atoms with Crippen LogP contribution >= 0.6 is 0 Å². The fraction of sp³-hybridized carbons (Fsp3) is 0.778. The molecule has 0 fully saturated rings. The molecule has 0 amide bonds. The van der Waals surface area contributed by atoms with Gasteiger partial charge in [-0.25, -0.2) is 4.79 Å². The molecule has 14 heavy (non-hydrogen) atoms. The summed E-state index contributed by atoms with van der Waals surface area (Å²) in [6.45, 7) is 2.68.